The van der Waals surface area contributed by atoms with Gasteiger partial charge in [-0.1, -0.05) is 12.1 Å². The maximum atomic E-state index is 12.6. The predicted octanol–water partition coefficient (Wildman–Crippen LogP) is 2.64. The van der Waals surface area contributed by atoms with Gasteiger partial charge < -0.3 is 10.6 Å². The van der Waals surface area contributed by atoms with Crippen molar-refractivity contribution in [2.45, 2.75) is 13.8 Å². The van der Waals surface area contributed by atoms with Crippen molar-refractivity contribution in [1.82, 2.24) is 4.98 Å². The van der Waals surface area contributed by atoms with Crippen LogP contribution in [-0.4, -0.2) is 17.4 Å². The fourth-order valence-electron chi connectivity index (χ4n) is 2.01. The van der Waals surface area contributed by atoms with Crippen LogP contribution in [0.1, 0.15) is 23.0 Å². The fourth-order valence-corrected chi connectivity index (χ4v) is 2.01. The number of carbonyl (C=O) groups excluding carboxylic acids is 1. The van der Waals surface area contributed by atoms with Crippen molar-refractivity contribution in [1.29, 1.82) is 0 Å². The number of aromatic nitrogens is 1. The number of hydrogen-bond acceptors (Lipinski definition) is 3. The average Bonchev–Trinajstić information content (AvgIpc) is 2.42. The Labute approximate surface area is 112 Å². The van der Waals surface area contributed by atoms with Crippen molar-refractivity contribution in [3.63, 3.8) is 0 Å². The standard InChI is InChI=1S/C15H17N3O/c1-3-18(14-9-5-4-8-13(14)16)15(19)12-7-6-10-17-11(12)2/h4-10H,3,16H2,1-2H3. The summed E-state index contributed by atoms with van der Waals surface area (Å²) in [5.74, 6) is -0.0778. The Morgan fingerprint density at radius 3 is 2.63 bits per heavy atom. The minimum atomic E-state index is -0.0778. The van der Waals surface area contributed by atoms with Crippen molar-refractivity contribution >= 4 is 17.3 Å². The van der Waals surface area contributed by atoms with Gasteiger partial charge >= 0.3 is 0 Å². The maximum absolute atomic E-state index is 12.6. The third-order valence-corrected chi connectivity index (χ3v) is 3.03. The molecule has 1 aromatic carbocycles. The molecule has 4 nitrogen and oxygen atoms in total. The molecule has 0 radical (unpaired) electrons. The third-order valence-electron chi connectivity index (χ3n) is 3.03. The van der Waals surface area contributed by atoms with E-state index in [1.807, 2.05) is 32.0 Å². The Balaban J connectivity index is 2.41. The number of carbonyl (C=O) groups is 1. The number of nitrogens with two attached hydrogens (primary N) is 1. The molecule has 19 heavy (non-hydrogen) atoms. The second-order valence-corrected chi connectivity index (χ2v) is 4.24. The molecule has 0 atom stereocenters. The summed E-state index contributed by atoms with van der Waals surface area (Å²) in [5.41, 5.74) is 8.60. The molecule has 0 aliphatic rings. The lowest BCUT2D eigenvalue weighted by atomic mass is 10.1. The van der Waals surface area contributed by atoms with Crippen LogP contribution in [-0.2, 0) is 0 Å². The minimum Gasteiger partial charge on any atom is -0.397 e. The predicted molar refractivity (Wildman–Crippen MR) is 77.2 cm³/mol. The fraction of sp³-hybridized carbons (Fsp3) is 0.200. The van der Waals surface area contributed by atoms with Crippen LogP contribution in [0.15, 0.2) is 42.6 Å². The number of para-hydroxylation sites is 2. The molecule has 1 aromatic heterocycles. The SMILES string of the molecule is CCN(C(=O)c1cccnc1C)c1ccccc1N. The van der Waals surface area contributed by atoms with Gasteiger partial charge in [-0.3, -0.25) is 9.78 Å². The average molecular weight is 255 g/mol. The molecule has 0 spiro atoms. The highest BCUT2D eigenvalue weighted by Crippen LogP contribution is 2.24. The molecule has 2 rings (SSSR count). The third kappa shape index (κ3) is 2.57. The molecule has 0 aliphatic heterocycles. The van der Waals surface area contributed by atoms with Gasteiger partial charge in [0.25, 0.3) is 5.91 Å². The van der Waals surface area contributed by atoms with Crippen LogP contribution in [0, 0.1) is 6.92 Å². The first-order valence-electron chi connectivity index (χ1n) is 6.23. The molecule has 2 aromatic rings. The van der Waals surface area contributed by atoms with Gasteiger partial charge in [0.2, 0.25) is 0 Å². The Kier molecular flexibility index (Phi) is 3.80. The topological polar surface area (TPSA) is 59.2 Å². The van der Waals surface area contributed by atoms with Crippen molar-refractivity contribution in [3.05, 3.63) is 53.9 Å². The van der Waals surface area contributed by atoms with Gasteiger partial charge in [-0.2, -0.15) is 0 Å². The van der Waals surface area contributed by atoms with Crippen LogP contribution in [0.25, 0.3) is 0 Å². The molecule has 1 heterocycles. The van der Waals surface area contributed by atoms with E-state index in [0.29, 0.717) is 17.8 Å². The van der Waals surface area contributed by atoms with Crippen LogP contribution in [0.4, 0.5) is 11.4 Å². The summed E-state index contributed by atoms with van der Waals surface area (Å²) in [5, 5.41) is 0. The number of amides is 1. The Morgan fingerprint density at radius 1 is 1.26 bits per heavy atom. The lowest BCUT2D eigenvalue weighted by Crippen LogP contribution is -2.31. The van der Waals surface area contributed by atoms with E-state index in [0.717, 1.165) is 11.4 Å². The lowest BCUT2D eigenvalue weighted by molar-refractivity contribution is 0.0987. The number of benzene rings is 1. The number of nitrogens with zero attached hydrogens (tertiary/aromatic N) is 2. The smallest absolute Gasteiger partial charge is 0.260 e. The second-order valence-electron chi connectivity index (χ2n) is 4.24. The largest absolute Gasteiger partial charge is 0.397 e. The number of nitrogen functional groups attached to an aromatic ring is 1. The van der Waals surface area contributed by atoms with Crippen LogP contribution >= 0.6 is 0 Å². The van der Waals surface area contributed by atoms with Gasteiger partial charge in [-0.05, 0) is 38.1 Å². The van der Waals surface area contributed by atoms with E-state index in [2.05, 4.69) is 4.98 Å². The summed E-state index contributed by atoms with van der Waals surface area (Å²) in [4.78, 5) is 18.4. The molecule has 0 saturated heterocycles. The quantitative estimate of drug-likeness (QED) is 0.858. The summed E-state index contributed by atoms with van der Waals surface area (Å²) in [6.07, 6.45) is 1.68. The number of aryl methyl sites for hydroxylation is 1. The molecule has 0 bridgehead atoms. The molecular weight excluding hydrogens is 238 g/mol. The van der Waals surface area contributed by atoms with E-state index >= 15 is 0 Å². The first-order chi connectivity index (χ1) is 9.15. The summed E-state index contributed by atoms with van der Waals surface area (Å²) in [7, 11) is 0. The Morgan fingerprint density at radius 2 is 2.00 bits per heavy atom. The van der Waals surface area contributed by atoms with Crippen LogP contribution in [0.5, 0.6) is 0 Å². The second kappa shape index (κ2) is 5.52. The van der Waals surface area contributed by atoms with Crippen LogP contribution < -0.4 is 10.6 Å². The van der Waals surface area contributed by atoms with Crippen molar-refractivity contribution in [2.24, 2.45) is 0 Å². The van der Waals surface area contributed by atoms with Crippen molar-refractivity contribution in [3.8, 4) is 0 Å². The number of rotatable bonds is 3. The molecule has 2 N–H and O–H groups in total. The summed E-state index contributed by atoms with van der Waals surface area (Å²) in [6.45, 7) is 4.31. The zero-order valence-electron chi connectivity index (χ0n) is 11.1. The Hall–Kier alpha value is -2.36. The van der Waals surface area contributed by atoms with E-state index in [-0.39, 0.29) is 5.91 Å². The van der Waals surface area contributed by atoms with Gasteiger partial charge in [0.1, 0.15) is 0 Å². The zero-order valence-corrected chi connectivity index (χ0v) is 11.1. The molecule has 4 heteroatoms. The van der Waals surface area contributed by atoms with Gasteiger partial charge in [-0.25, -0.2) is 0 Å². The normalized spacial score (nSPS) is 10.2. The van der Waals surface area contributed by atoms with E-state index < -0.39 is 0 Å². The van der Waals surface area contributed by atoms with Crippen LogP contribution in [0.3, 0.4) is 0 Å². The molecular formula is C15H17N3O. The highest BCUT2D eigenvalue weighted by atomic mass is 16.2. The maximum Gasteiger partial charge on any atom is 0.260 e. The Bertz CT molecular complexity index is 595. The lowest BCUT2D eigenvalue weighted by Gasteiger charge is -2.23. The van der Waals surface area contributed by atoms with Crippen molar-refractivity contribution < 1.29 is 4.79 Å². The van der Waals surface area contributed by atoms with Crippen LogP contribution in [0.2, 0.25) is 0 Å². The van der Waals surface area contributed by atoms with E-state index in [1.165, 1.54) is 0 Å². The van der Waals surface area contributed by atoms with Gasteiger partial charge in [0, 0.05) is 18.4 Å². The summed E-state index contributed by atoms with van der Waals surface area (Å²) in [6, 6.07) is 10.9. The van der Waals surface area contributed by atoms with Gasteiger partial charge in [0.15, 0.2) is 0 Å². The zero-order chi connectivity index (χ0) is 13.8. The first-order valence-corrected chi connectivity index (χ1v) is 6.23. The van der Waals surface area contributed by atoms with E-state index in [9.17, 15) is 4.79 Å². The molecule has 98 valence electrons. The van der Waals surface area contributed by atoms with Crippen molar-refractivity contribution in [2.75, 3.05) is 17.2 Å². The summed E-state index contributed by atoms with van der Waals surface area (Å²) >= 11 is 0. The number of hydrogen-bond donors (Lipinski definition) is 1. The minimum absolute atomic E-state index is 0.0778. The molecule has 0 saturated carbocycles. The van der Waals surface area contributed by atoms with E-state index in [1.54, 1.807) is 29.3 Å². The highest BCUT2D eigenvalue weighted by Gasteiger charge is 2.19. The summed E-state index contributed by atoms with van der Waals surface area (Å²) < 4.78 is 0. The van der Waals surface area contributed by atoms with Gasteiger partial charge in [0.05, 0.1) is 16.9 Å². The highest BCUT2D eigenvalue weighted by molar-refractivity contribution is 6.08. The van der Waals surface area contributed by atoms with E-state index in [4.69, 9.17) is 5.73 Å². The molecule has 1 amide bonds. The number of pyridine rings is 1. The number of anilines is 2. The first kappa shape index (κ1) is 13.1. The molecule has 0 unspecified atom stereocenters. The monoisotopic (exact) mass is 255 g/mol. The molecule has 0 aliphatic carbocycles. The molecule has 0 fully saturated rings. The van der Waals surface area contributed by atoms with Gasteiger partial charge in [-0.15, -0.1) is 0 Å².